The highest BCUT2D eigenvalue weighted by Gasteiger charge is 2.14. The summed E-state index contributed by atoms with van der Waals surface area (Å²) in [4.78, 5) is 25.2. The summed E-state index contributed by atoms with van der Waals surface area (Å²) in [6.07, 6.45) is 1.46. The Morgan fingerprint density at radius 2 is 1.49 bits per heavy atom. The number of carbonyl (C=O) groups excluding carboxylic acids is 2. The van der Waals surface area contributed by atoms with Crippen LogP contribution in [0, 0.1) is 11.3 Å². The molecule has 4 rings (SSSR count). The zero-order valence-electron chi connectivity index (χ0n) is 20.2. The van der Waals surface area contributed by atoms with Crippen LogP contribution >= 0.6 is 0 Å². The predicted molar refractivity (Wildman–Crippen MR) is 142 cm³/mol. The average molecular weight is 489 g/mol. The minimum Gasteiger partial charge on any atom is -0.493 e. The van der Waals surface area contributed by atoms with E-state index in [9.17, 15) is 14.9 Å². The normalized spacial score (nSPS) is 10.8. The molecule has 1 amide bonds. The lowest BCUT2D eigenvalue weighted by atomic mass is 10.0. The monoisotopic (exact) mass is 488 g/mol. The van der Waals surface area contributed by atoms with Gasteiger partial charge in [0.2, 0.25) is 0 Å². The van der Waals surface area contributed by atoms with Crippen molar-refractivity contribution in [1.29, 1.82) is 5.26 Å². The zero-order valence-corrected chi connectivity index (χ0v) is 20.2. The summed E-state index contributed by atoms with van der Waals surface area (Å²) in [5.74, 6) is -0.493. The molecule has 0 aliphatic heterocycles. The summed E-state index contributed by atoms with van der Waals surface area (Å²) in [5.41, 5.74) is 3.87. The van der Waals surface area contributed by atoms with Gasteiger partial charge in [0.25, 0.3) is 5.91 Å². The van der Waals surface area contributed by atoms with Crippen molar-refractivity contribution >= 4 is 18.0 Å². The molecule has 0 aromatic heterocycles. The quantitative estimate of drug-likeness (QED) is 0.146. The molecule has 182 valence electrons. The van der Waals surface area contributed by atoms with E-state index in [-0.39, 0.29) is 11.3 Å². The molecule has 0 radical (unpaired) electrons. The Kier molecular flexibility index (Phi) is 8.10. The maximum atomic E-state index is 12.7. The van der Waals surface area contributed by atoms with Crippen LogP contribution in [0.4, 0.5) is 0 Å². The first-order valence-corrected chi connectivity index (χ1v) is 11.6. The highest BCUT2D eigenvalue weighted by Crippen LogP contribution is 2.30. The fourth-order valence-corrected chi connectivity index (χ4v) is 3.64. The zero-order chi connectivity index (χ0) is 26.0. The van der Waals surface area contributed by atoms with E-state index in [0.717, 1.165) is 16.7 Å². The Morgan fingerprint density at radius 1 is 0.838 bits per heavy atom. The average Bonchev–Trinajstić information content (AvgIpc) is 2.96. The van der Waals surface area contributed by atoms with Crippen molar-refractivity contribution in [2.45, 2.75) is 6.54 Å². The van der Waals surface area contributed by atoms with Gasteiger partial charge in [-0.15, -0.1) is 0 Å². The fourth-order valence-electron chi connectivity index (χ4n) is 3.64. The minimum absolute atomic E-state index is 0.0544. The van der Waals surface area contributed by atoms with Gasteiger partial charge in [0.15, 0.2) is 11.5 Å². The first-order chi connectivity index (χ1) is 18.1. The number of hydrogen-bond acceptors (Lipinski definition) is 5. The number of nitrogens with one attached hydrogen (secondary N) is 1. The van der Waals surface area contributed by atoms with Crippen LogP contribution in [-0.4, -0.2) is 19.0 Å². The number of nitriles is 1. The number of carbonyl (C=O) groups is 2. The molecule has 6 heteroatoms. The first-order valence-electron chi connectivity index (χ1n) is 11.6. The molecule has 0 saturated heterocycles. The third-order valence-corrected chi connectivity index (χ3v) is 5.59. The van der Waals surface area contributed by atoms with Crippen LogP contribution in [0.5, 0.6) is 11.5 Å². The van der Waals surface area contributed by atoms with Crippen molar-refractivity contribution in [3.8, 4) is 28.7 Å². The molecule has 0 spiro atoms. The lowest BCUT2D eigenvalue weighted by molar-refractivity contribution is -0.117. The summed E-state index contributed by atoms with van der Waals surface area (Å²) in [5, 5.41) is 12.2. The molecule has 0 bridgehead atoms. The van der Waals surface area contributed by atoms with Crippen molar-refractivity contribution in [2.24, 2.45) is 0 Å². The second kappa shape index (κ2) is 12.0. The number of hydrogen-bond donors (Lipinski definition) is 1. The number of rotatable bonds is 8. The van der Waals surface area contributed by atoms with Crippen LogP contribution in [0.3, 0.4) is 0 Å². The van der Waals surface area contributed by atoms with Crippen molar-refractivity contribution in [3.63, 3.8) is 0 Å². The van der Waals surface area contributed by atoms with Gasteiger partial charge in [0.1, 0.15) is 11.6 Å². The standard InChI is InChI=1S/C31H24N2O4/c1-36-29-19-23(18-27(20-32)30(34)33-21-22-8-4-2-5-9-22)12-17-28(29)37-31(35)26-15-13-25(14-16-26)24-10-6-3-7-11-24/h2-19H,21H2,1H3,(H,33,34)/b27-18+. The summed E-state index contributed by atoms with van der Waals surface area (Å²) in [6, 6.07) is 33.2. The maximum Gasteiger partial charge on any atom is 0.343 e. The van der Waals surface area contributed by atoms with Crippen LogP contribution in [0.15, 0.2) is 109 Å². The smallest absolute Gasteiger partial charge is 0.343 e. The summed E-state index contributed by atoms with van der Waals surface area (Å²) in [7, 11) is 1.45. The number of methoxy groups -OCH3 is 1. The molecule has 0 aliphatic carbocycles. The van der Waals surface area contributed by atoms with Gasteiger partial charge in [-0.05, 0) is 52.6 Å². The molecular weight excluding hydrogens is 464 g/mol. The Hall–Kier alpha value is -5.15. The van der Waals surface area contributed by atoms with E-state index >= 15 is 0 Å². The molecule has 4 aromatic rings. The highest BCUT2D eigenvalue weighted by molar-refractivity contribution is 6.01. The van der Waals surface area contributed by atoms with Crippen molar-refractivity contribution in [3.05, 3.63) is 125 Å². The molecule has 1 N–H and O–H groups in total. The Morgan fingerprint density at radius 3 is 2.14 bits per heavy atom. The van der Waals surface area contributed by atoms with Crippen LogP contribution in [0.25, 0.3) is 17.2 Å². The maximum absolute atomic E-state index is 12.7. The molecule has 37 heavy (non-hydrogen) atoms. The van der Waals surface area contributed by atoms with Crippen molar-refractivity contribution in [2.75, 3.05) is 7.11 Å². The van der Waals surface area contributed by atoms with Gasteiger partial charge >= 0.3 is 5.97 Å². The lowest BCUT2D eigenvalue weighted by Gasteiger charge is -2.11. The van der Waals surface area contributed by atoms with Crippen molar-refractivity contribution in [1.82, 2.24) is 5.32 Å². The Labute approximate surface area is 215 Å². The van der Waals surface area contributed by atoms with Gasteiger partial charge in [0.05, 0.1) is 12.7 Å². The van der Waals surface area contributed by atoms with Gasteiger partial charge < -0.3 is 14.8 Å². The second-order valence-electron chi connectivity index (χ2n) is 8.08. The van der Waals surface area contributed by atoms with E-state index in [0.29, 0.717) is 23.4 Å². The molecule has 0 unspecified atom stereocenters. The van der Waals surface area contributed by atoms with Gasteiger partial charge in [0, 0.05) is 6.54 Å². The Bertz CT molecular complexity index is 1460. The molecule has 0 aliphatic rings. The van der Waals surface area contributed by atoms with E-state index in [1.54, 1.807) is 30.3 Å². The molecule has 0 heterocycles. The number of nitrogens with zero attached hydrogens (tertiary/aromatic N) is 1. The SMILES string of the molecule is COc1cc(/C=C(\C#N)C(=O)NCc2ccccc2)ccc1OC(=O)c1ccc(-c2ccccc2)cc1. The van der Waals surface area contributed by atoms with E-state index in [1.807, 2.05) is 78.9 Å². The van der Waals surface area contributed by atoms with E-state index in [2.05, 4.69) is 5.32 Å². The van der Waals surface area contributed by atoms with E-state index < -0.39 is 11.9 Å². The van der Waals surface area contributed by atoms with E-state index in [1.165, 1.54) is 13.2 Å². The van der Waals surface area contributed by atoms with E-state index in [4.69, 9.17) is 9.47 Å². The highest BCUT2D eigenvalue weighted by atomic mass is 16.6. The predicted octanol–water partition coefficient (Wildman–Crippen LogP) is 5.80. The molecule has 4 aromatic carbocycles. The second-order valence-corrected chi connectivity index (χ2v) is 8.08. The molecule has 6 nitrogen and oxygen atoms in total. The van der Waals surface area contributed by atoms with Crippen LogP contribution in [0.1, 0.15) is 21.5 Å². The molecule has 0 fully saturated rings. The molecular formula is C31H24N2O4. The largest absolute Gasteiger partial charge is 0.493 e. The topological polar surface area (TPSA) is 88.4 Å². The fraction of sp³-hybridized carbons (Fsp3) is 0.0645. The number of ether oxygens (including phenoxy) is 2. The summed E-state index contributed by atoms with van der Waals surface area (Å²) in [6.45, 7) is 0.309. The molecule has 0 saturated carbocycles. The van der Waals surface area contributed by atoms with Crippen molar-refractivity contribution < 1.29 is 19.1 Å². The van der Waals surface area contributed by atoms with Gasteiger partial charge in [-0.3, -0.25) is 4.79 Å². The summed E-state index contributed by atoms with van der Waals surface area (Å²) >= 11 is 0. The third kappa shape index (κ3) is 6.50. The minimum atomic E-state index is -0.529. The van der Waals surface area contributed by atoms with Crippen LogP contribution < -0.4 is 14.8 Å². The lowest BCUT2D eigenvalue weighted by Crippen LogP contribution is -2.23. The number of benzene rings is 4. The number of amides is 1. The van der Waals surface area contributed by atoms with Gasteiger partial charge in [-0.2, -0.15) is 5.26 Å². The molecule has 0 atom stereocenters. The number of esters is 1. The van der Waals surface area contributed by atoms with Gasteiger partial charge in [-0.25, -0.2) is 4.79 Å². The van der Waals surface area contributed by atoms with Crippen LogP contribution in [0.2, 0.25) is 0 Å². The van der Waals surface area contributed by atoms with Gasteiger partial charge in [-0.1, -0.05) is 78.9 Å². The summed E-state index contributed by atoms with van der Waals surface area (Å²) < 4.78 is 11.0. The Balaban J connectivity index is 1.45. The van der Waals surface area contributed by atoms with Crippen LogP contribution in [-0.2, 0) is 11.3 Å². The first kappa shape index (κ1) is 25.0. The third-order valence-electron chi connectivity index (χ3n) is 5.59.